The van der Waals surface area contributed by atoms with Gasteiger partial charge in [-0.2, -0.15) is 4.67 Å². The SMILES string of the molecule is CCOC(=O)CNP1(=O)Oc2c(cccc2[C@H](C)C2CC2)C(C)N1CC(=O)OCC. The van der Waals surface area contributed by atoms with Crippen LogP contribution in [0.5, 0.6) is 5.75 Å². The average Bonchev–Trinajstić information content (AvgIpc) is 3.55. The van der Waals surface area contributed by atoms with Crippen molar-refractivity contribution in [3.63, 3.8) is 0 Å². The number of nitrogens with zero attached hydrogens (tertiary/aromatic N) is 1. The highest BCUT2D eigenvalue weighted by Gasteiger charge is 2.46. The molecular formula is C21H31N2O6P. The number of nitrogens with one attached hydrogen (secondary N) is 1. The normalized spacial score (nSPS) is 24.5. The van der Waals surface area contributed by atoms with Gasteiger partial charge in [0.2, 0.25) is 0 Å². The molecule has 30 heavy (non-hydrogen) atoms. The summed E-state index contributed by atoms with van der Waals surface area (Å²) in [7, 11) is -3.76. The van der Waals surface area contributed by atoms with Gasteiger partial charge in [-0.25, -0.2) is 9.65 Å². The summed E-state index contributed by atoms with van der Waals surface area (Å²) in [6.07, 6.45) is 2.35. The van der Waals surface area contributed by atoms with Gasteiger partial charge in [-0.05, 0) is 51.0 Å². The summed E-state index contributed by atoms with van der Waals surface area (Å²) in [5.41, 5.74) is 1.88. The van der Waals surface area contributed by atoms with E-state index in [1.165, 1.54) is 17.5 Å². The first-order valence-corrected chi connectivity index (χ1v) is 12.1. The Bertz CT molecular complexity index is 841. The molecule has 0 aromatic heterocycles. The van der Waals surface area contributed by atoms with Crippen molar-refractivity contribution >= 4 is 19.6 Å². The van der Waals surface area contributed by atoms with Gasteiger partial charge in [-0.1, -0.05) is 25.1 Å². The van der Waals surface area contributed by atoms with Crippen LogP contribution in [0.4, 0.5) is 0 Å². The summed E-state index contributed by atoms with van der Waals surface area (Å²) >= 11 is 0. The minimum atomic E-state index is -3.76. The molecule has 8 nitrogen and oxygen atoms in total. The monoisotopic (exact) mass is 438 g/mol. The largest absolute Gasteiger partial charge is 0.465 e. The summed E-state index contributed by atoms with van der Waals surface area (Å²) in [5, 5.41) is 2.74. The molecule has 3 atom stereocenters. The third-order valence-corrected chi connectivity index (χ3v) is 7.82. The standard InChI is InChI=1S/C21H31N2O6P/c1-5-27-19(24)12-22-30(26)23(13-20(25)28-6-2)15(4)18-9-7-8-17(21(18)29-30)14(3)16-10-11-16/h7-9,14-16H,5-6,10-13H2,1-4H3,(H,22,26)/t14-,15?,30?/m1/s1. The van der Waals surface area contributed by atoms with Crippen LogP contribution in [0.3, 0.4) is 0 Å². The van der Waals surface area contributed by atoms with Crippen LogP contribution < -0.4 is 9.61 Å². The second kappa shape index (κ2) is 9.50. The molecule has 2 unspecified atom stereocenters. The predicted molar refractivity (Wildman–Crippen MR) is 112 cm³/mol. The zero-order chi connectivity index (χ0) is 21.9. The van der Waals surface area contributed by atoms with Crippen molar-refractivity contribution in [2.75, 3.05) is 26.3 Å². The number of esters is 2. The fraction of sp³-hybridized carbons (Fsp3) is 0.619. The second-order valence-electron chi connectivity index (χ2n) is 7.72. The maximum absolute atomic E-state index is 13.9. The van der Waals surface area contributed by atoms with Gasteiger partial charge < -0.3 is 14.0 Å². The third-order valence-electron chi connectivity index (χ3n) is 5.67. The number of hydrogen-bond donors (Lipinski definition) is 1. The average molecular weight is 438 g/mol. The van der Waals surface area contributed by atoms with Gasteiger partial charge in [0.1, 0.15) is 18.8 Å². The Labute approximate surface area is 177 Å². The van der Waals surface area contributed by atoms with E-state index in [9.17, 15) is 14.2 Å². The zero-order valence-electron chi connectivity index (χ0n) is 18.1. The summed E-state index contributed by atoms with van der Waals surface area (Å²) in [6.45, 7) is 7.40. The molecule has 0 spiro atoms. The first kappa shape index (κ1) is 22.8. The lowest BCUT2D eigenvalue weighted by Crippen LogP contribution is -2.41. The minimum Gasteiger partial charge on any atom is -0.465 e. The molecule has 166 valence electrons. The minimum absolute atomic E-state index is 0.218. The molecule has 1 saturated carbocycles. The van der Waals surface area contributed by atoms with Gasteiger partial charge in [0, 0.05) is 11.6 Å². The highest BCUT2D eigenvalue weighted by atomic mass is 31.2. The van der Waals surface area contributed by atoms with E-state index in [1.807, 2.05) is 25.1 Å². The van der Waals surface area contributed by atoms with E-state index in [0.717, 1.165) is 11.1 Å². The molecule has 1 aliphatic heterocycles. The topological polar surface area (TPSA) is 94.2 Å². The maximum Gasteiger partial charge on any atom is 0.394 e. The number of para-hydroxylation sites is 1. The molecule has 0 saturated heterocycles. The highest BCUT2D eigenvalue weighted by Crippen LogP contribution is 2.59. The Morgan fingerprint density at radius 1 is 1.23 bits per heavy atom. The quantitative estimate of drug-likeness (QED) is 0.460. The Morgan fingerprint density at radius 2 is 1.90 bits per heavy atom. The molecule has 1 N–H and O–H groups in total. The first-order valence-electron chi connectivity index (χ1n) is 10.6. The van der Waals surface area contributed by atoms with Crippen molar-refractivity contribution in [3.05, 3.63) is 29.3 Å². The van der Waals surface area contributed by atoms with Crippen molar-refractivity contribution in [1.82, 2.24) is 9.76 Å². The van der Waals surface area contributed by atoms with Crippen LogP contribution in [0.25, 0.3) is 0 Å². The van der Waals surface area contributed by atoms with Crippen LogP contribution in [0.2, 0.25) is 0 Å². The molecule has 1 aromatic carbocycles. The Kier molecular flexibility index (Phi) is 7.22. The Hall–Kier alpha value is -1.89. The van der Waals surface area contributed by atoms with Crippen molar-refractivity contribution in [3.8, 4) is 5.75 Å². The predicted octanol–water partition coefficient (Wildman–Crippen LogP) is 3.78. The highest BCUT2D eigenvalue weighted by molar-refractivity contribution is 7.54. The Balaban J connectivity index is 1.95. The molecule has 0 bridgehead atoms. The number of benzene rings is 1. The van der Waals surface area contributed by atoms with Crippen LogP contribution in [0, 0.1) is 5.92 Å². The van der Waals surface area contributed by atoms with E-state index < -0.39 is 19.6 Å². The molecule has 1 fully saturated rings. The fourth-order valence-corrected chi connectivity index (χ4v) is 5.87. The second-order valence-corrected chi connectivity index (χ2v) is 9.78. The molecule has 1 aliphatic carbocycles. The first-order chi connectivity index (χ1) is 14.3. The summed E-state index contributed by atoms with van der Waals surface area (Å²) in [4.78, 5) is 24.1. The van der Waals surface area contributed by atoms with Gasteiger partial charge in [0.15, 0.2) is 0 Å². The maximum atomic E-state index is 13.9. The van der Waals surface area contributed by atoms with Gasteiger partial charge >= 0.3 is 19.6 Å². The van der Waals surface area contributed by atoms with Gasteiger partial charge in [0.05, 0.1) is 13.2 Å². The lowest BCUT2D eigenvalue weighted by Gasteiger charge is -2.41. The van der Waals surface area contributed by atoms with Gasteiger partial charge in [-0.3, -0.25) is 9.59 Å². The molecule has 1 aromatic rings. The van der Waals surface area contributed by atoms with Crippen molar-refractivity contribution in [1.29, 1.82) is 0 Å². The van der Waals surface area contributed by atoms with Crippen LogP contribution in [-0.4, -0.2) is 42.9 Å². The van der Waals surface area contributed by atoms with Crippen LogP contribution in [-0.2, 0) is 23.6 Å². The number of carbonyl (C=O) groups excluding carboxylic acids is 2. The van der Waals surface area contributed by atoms with E-state index in [4.69, 9.17) is 14.0 Å². The molecule has 0 radical (unpaired) electrons. The van der Waals surface area contributed by atoms with Gasteiger partial charge in [-0.15, -0.1) is 0 Å². The van der Waals surface area contributed by atoms with Crippen molar-refractivity contribution < 1.29 is 28.2 Å². The lowest BCUT2D eigenvalue weighted by molar-refractivity contribution is -0.143. The molecule has 0 amide bonds. The molecule has 2 aliphatic rings. The smallest absolute Gasteiger partial charge is 0.394 e. The third kappa shape index (κ3) is 4.88. The van der Waals surface area contributed by atoms with Crippen molar-refractivity contribution in [2.45, 2.75) is 52.5 Å². The number of hydrogen-bond acceptors (Lipinski definition) is 6. The van der Waals surface area contributed by atoms with Crippen LogP contribution in [0.1, 0.15) is 63.6 Å². The molecule has 9 heteroatoms. The van der Waals surface area contributed by atoms with E-state index in [2.05, 4.69) is 12.0 Å². The van der Waals surface area contributed by atoms with E-state index >= 15 is 0 Å². The number of fused-ring (bicyclic) bond motifs is 1. The number of carbonyl (C=O) groups is 2. The van der Waals surface area contributed by atoms with Crippen LogP contribution in [0.15, 0.2) is 18.2 Å². The van der Waals surface area contributed by atoms with Gasteiger partial charge in [0.25, 0.3) is 0 Å². The summed E-state index contributed by atoms with van der Waals surface area (Å²) in [6, 6.07) is 5.53. The Morgan fingerprint density at radius 3 is 2.53 bits per heavy atom. The van der Waals surface area contributed by atoms with Crippen LogP contribution >= 0.6 is 7.67 Å². The summed E-state index contributed by atoms with van der Waals surface area (Å²) in [5.74, 6) is 0.425. The van der Waals surface area contributed by atoms with E-state index in [-0.39, 0.29) is 38.3 Å². The summed E-state index contributed by atoms with van der Waals surface area (Å²) < 4.78 is 31.5. The number of ether oxygens (including phenoxy) is 2. The number of rotatable bonds is 9. The molecular weight excluding hydrogens is 407 g/mol. The van der Waals surface area contributed by atoms with E-state index in [0.29, 0.717) is 11.7 Å². The molecule has 1 heterocycles. The fourth-order valence-electron chi connectivity index (χ4n) is 3.85. The zero-order valence-corrected chi connectivity index (χ0v) is 18.9. The lowest BCUT2D eigenvalue weighted by atomic mass is 9.92. The molecule has 3 rings (SSSR count). The van der Waals surface area contributed by atoms with Crippen molar-refractivity contribution in [2.24, 2.45) is 5.92 Å². The van der Waals surface area contributed by atoms with E-state index in [1.54, 1.807) is 13.8 Å².